The molecule has 6 heteroatoms. The Morgan fingerprint density at radius 2 is 2.26 bits per heavy atom. The Hall–Kier alpha value is -1.50. The maximum absolute atomic E-state index is 12.8. The summed E-state index contributed by atoms with van der Waals surface area (Å²) in [5, 5.41) is 0. The lowest BCUT2D eigenvalue weighted by Gasteiger charge is -2.31. The van der Waals surface area contributed by atoms with Gasteiger partial charge >= 0.3 is 0 Å². The molecule has 2 saturated heterocycles. The van der Waals surface area contributed by atoms with Crippen LogP contribution in [0, 0.1) is 5.92 Å². The Morgan fingerprint density at radius 1 is 1.39 bits per heavy atom. The first-order chi connectivity index (χ1) is 11.1. The molecule has 1 aromatic heterocycles. The fourth-order valence-corrected chi connectivity index (χ4v) is 3.56. The number of ether oxygens (including phenoxy) is 1. The second kappa shape index (κ2) is 7.38. The predicted octanol–water partition coefficient (Wildman–Crippen LogP) is 0.302. The van der Waals surface area contributed by atoms with Gasteiger partial charge in [-0.05, 0) is 25.7 Å². The highest BCUT2D eigenvalue weighted by atomic mass is 16.5. The third-order valence-electron chi connectivity index (χ3n) is 4.55. The van der Waals surface area contributed by atoms with Gasteiger partial charge in [-0.15, -0.1) is 0 Å². The highest BCUT2D eigenvalue weighted by Crippen LogP contribution is 2.19. The molecule has 0 aromatic carbocycles. The number of carbonyl (C=O) groups is 1. The molecule has 2 aliphatic rings. The minimum absolute atomic E-state index is 0.173. The van der Waals surface area contributed by atoms with Crippen LogP contribution in [0.1, 0.15) is 5.56 Å². The van der Waals surface area contributed by atoms with E-state index in [9.17, 15) is 4.79 Å². The van der Waals surface area contributed by atoms with Crippen molar-refractivity contribution < 1.29 is 9.53 Å². The molecule has 0 aliphatic carbocycles. The topological polar surface area (TPSA) is 48.9 Å². The van der Waals surface area contributed by atoms with E-state index in [0.717, 1.165) is 38.3 Å². The molecule has 0 spiro atoms. The van der Waals surface area contributed by atoms with Gasteiger partial charge in [-0.2, -0.15) is 0 Å². The summed E-state index contributed by atoms with van der Waals surface area (Å²) in [6.45, 7) is 5.30. The predicted molar refractivity (Wildman–Crippen MR) is 87.9 cm³/mol. The summed E-state index contributed by atoms with van der Waals surface area (Å²) in [4.78, 5) is 23.3. The number of amides is 1. The zero-order valence-electron chi connectivity index (χ0n) is 14.0. The van der Waals surface area contributed by atoms with E-state index in [1.807, 2.05) is 30.3 Å². The number of carbonyl (C=O) groups excluding carboxylic acids is 1. The monoisotopic (exact) mass is 318 g/mol. The minimum Gasteiger partial charge on any atom is -0.379 e. The number of pyridine rings is 1. The van der Waals surface area contributed by atoms with Crippen molar-refractivity contribution in [2.45, 2.75) is 12.6 Å². The van der Waals surface area contributed by atoms with Crippen molar-refractivity contribution >= 4 is 5.91 Å². The second-order valence-electron chi connectivity index (χ2n) is 6.86. The van der Waals surface area contributed by atoms with Gasteiger partial charge in [-0.25, -0.2) is 0 Å². The van der Waals surface area contributed by atoms with E-state index in [2.05, 4.69) is 21.8 Å². The largest absolute Gasteiger partial charge is 0.379 e. The van der Waals surface area contributed by atoms with Crippen molar-refractivity contribution in [2.24, 2.45) is 5.92 Å². The van der Waals surface area contributed by atoms with Crippen molar-refractivity contribution in [1.29, 1.82) is 0 Å². The Balaban J connectivity index is 1.60. The number of fused-ring (bicyclic) bond motifs is 3. The van der Waals surface area contributed by atoms with Crippen LogP contribution in [0.4, 0.5) is 0 Å². The Kier molecular flexibility index (Phi) is 5.25. The molecule has 3 rings (SSSR count). The van der Waals surface area contributed by atoms with Crippen LogP contribution in [-0.2, 0) is 16.1 Å². The molecule has 0 radical (unpaired) electrons. The van der Waals surface area contributed by atoms with E-state index in [0.29, 0.717) is 19.1 Å². The van der Waals surface area contributed by atoms with Gasteiger partial charge in [0.2, 0.25) is 5.91 Å². The van der Waals surface area contributed by atoms with Gasteiger partial charge in [0.1, 0.15) is 0 Å². The molecule has 1 aromatic rings. The molecule has 2 atom stereocenters. The van der Waals surface area contributed by atoms with Crippen molar-refractivity contribution in [3.05, 3.63) is 30.1 Å². The number of aromatic nitrogens is 1. The molecule has 1 amide bonds. The third kappa shape index (κ3) is 4.28. The van der Waals surface area contributed by atoms with E-state index < -0.39 is 0 Å². The number of rotatable bonds is 4. The fraction of sp³-hybridized carbons (Fsp3) is 0.647. The smallest absolute Gasteiger partial charge is 0.237 e. The van der Waals surface area contributed by atoms with Gasteiger partial charge in [0.25, 0.3) is 0 Å². The van der Waals surface area contributed by atoms with E-state index in [4.69, 9.17) is 4.74 Å². The molecule has 2 aliphatic heterocycles. The van der Waals surface area contributed by atoms with Crippen LogP contribution in [0.25, 0.3) is 0 Å². The van der Waals surface area contributed by atoms with Crippen LogP contribution < -0.4 is 0 Å². The molecule has 23 heavy (non-hydrogen) atoms. The van der Waals surface area contributed by atoms with E-state index in [-0.39, 0.29) is 11.9 Å². The summed E-state index contributed by atoms with van der Waals surface area (Å²) >= 11 is 0. The third-order valence-corrected chi connectivity index (χ3v) is 4.55. The first-order valence-corrected chi connectivity index (χ1v) is 8.25. The van der Waals surface area contributed by atoms with E-state index in [1.54, 1.807) is 6.20 Å². The zero-order valence-corrected chi connectivity index (χ0v) is 14.0. The van der Waals surface area contributed by atoms with Crippen molar-refractivity contribution in [1.82, 2.24) is 19.7 Å². The Labute approximate surface area is 138 Å². The number of hydrogen-bond acceptors (Lipinski definition) is 5. The number of nitrogens with zero attached hydrogens (tertiary/aromatic N) is 4. The molecule has 6 nitrogen and oxygen atoms in total. The van der Waals surface area contributed by atoms with Gasteiger partial charge in [0, 0.05) is 44.5 Å². The second-order valence-corrected chi connectivity index (χ2v) is 6.86. The first-order valence-electron chi connectivity index (χ1n) is 8.25. The molecule has 2 bridgehead atoms. The highest BCUT2D eigenvalue weighted by molar-refractivity contribution is 5.78. The summed E-state index contributed by atoms with van der Waals surface area (Å²) in [5.74, 6) is 0.618. The Morgan fingerprint density at radius 3 is 3.04 bits per heavy atom. The maximum atomic E-state index is 12.8. The van der Waals surface area contributed by atoms with Crippen LogP contribution in [0.15, 0.2) is 24.5 Å². The van der Waals surface area contributed by atoms with Crippen LogP contribution >= 0.6 is 0 Å². The molecule has 0 unspecified atom stereocenters. The molecule has 3 heterocycles. The first kappa shape index (κ1) is 16.4. The fourth-order valence-electron chi connectivity index (χ4n) is 3.56. The van der Waals surface area contributed by atoms with Crippen LogP contribution in [0.2, 0.25) is 0 Å². The summed E-state index contributed by atoms with van der Waals surface area (Å²) in [7, 11) is 4.12. The molecule has 0 saturated carbocycles. The lowest BCUT2D eigenvalue weighted by atomic mass is 10.1. The van der Waals surface area contributed by atoms with Gasteiger partial charge < -0.3 is 14.5 Å². The van der Waals surface area contributed by atoms with E-state index in [1.165, 1.54) is 0 Å². The van der Waals surface area contributed by atoms with Crippen LogP contribution in [0.5, 0.6) is 0 Å². The number of likely N-dealkylation sites (N-methyl/N-ethyl adjacent to an activating group) is 2. The van der Waals surface area contributed by atoms with Crippen molar-refractivity contribution in [2.75, 3.05) is 53.5 Å². The van der Waals surface area contributed by atoms with Gasteiger partial charge in [0.15, 0.2) is 0 Å². The number of hydrogen-bond donors (Lipinski definition) is 0. The standard InChI is InChI=1S/C17H26N4O2/c1-19-8-15-9-21(16(10-19)13-23-12-15)17(22)11-20(2)7-14-4-3-5-18-6-14/h3-6,15-16H,7-13H2,1-2H3/t15-,16-/m0/s1. The summed E-state index contributed by atoms with van der Waals surface area (Å²) in [5.41, 5.74) is 1.13. The normalized spacial score (nSPS) is 25.4. The summed E-state index contributed by atoms with van der Waals surface area (Å²) < 4.78 is 5.75. The highest BCUT2D eigenvalue weighted by Gasteiger charge is 2.34. The molecule has 126 valence electrons. The van der Waals surface area contributed by atoms with Crippen molar-refractivity contribution in [3.8, 4) is 0 Å². The average molecular weight is 318 g/mol. The van der Waals surface area contributed by atoms with Crippen LogP contribution in [0.3, 0.4) is 0 Å². The average Bonchev–Trinajstić information content (AvgIpc) is 2.78. The van der Waals surface area contributed by atoms with E-state index >= 15 is 0 Å². The van der Waals surface area contributed by atoms with Crippen LogP contribution in [-0.4, -0.2) is 85.1 Å². The summed E-state index contributed by atoms with van der Waals surface area (Å²) in [6, 6.07) is 4.14. The van der Waals surface area contributed by atoms with Gasteiger partial charge in [-0.3, -0.25) is 14.7 Å². The summed E-state index contributed by atoms with van der Waals surface area (Å²) in [6.07, 6.45) is 3.62. The lowest BCUT2D eigenvalue weighted by Crippen LogP contribution is -2.48. The Bertz CT molecular complexity index is 525. The SMILES string of the molecule is CN(CC(=O)N1C[C@H]2COC[C@@H]1CN(C)C2)Cc1cccnc1. The lowest BCUT2D eigenvalue weighted by molar-refractivity contribution is -0.134. The maximum Gasteiger partial charge on any atom is 0.237 e. The van der Waals surface area contributed by atoms with Crippen molar-refractivity contribution in [3.63, 3.8) is 0 Å². The molecular formula is C17H26N4O2. The molecular weight excluding hydrogens is 292 g/mol. The zero-order chi connectivity index (χ0) is 16.2. The molecule has 2 fully saturated rings. The quantitative estimate of drug-likeness (QED) is 0.799. The molecule has 0 N–H and O–H groups in total. The van der Waals surface area contributed by atoms with Gasteiger partial charge in [-0.1, -0.05) is 6.07 Å². The minimum atomic E-state index is 0.173. The van der Waals surface area contributed by atoms with Gasteiger partial charge in [0.05, 0.1) is 25.8 Å².